The second kappa shape index (κ2) is 6.83. The lowest BCUT2D eigenvalue weighted by molar-refractivity contribution is 0.0726. The third-order valence-electron chi connectivity index (χ3n) is 4.92. The van der Waals surface area contributed by atoms with E-state index in [0.29, 0.717) is 0 Å². The number of hydrogen-bond donors (Lipinski definition) is 0. The Morgan fingerprint density at radius 1 is 1.19 bits per heavy atom. The van der Waals surface area contributed by atoms with Gasteiger partial charge in [-0.05, 0) is 58.2 Å². The molecule has 1 amide bonds. The summed E-state index contributed by atoms with van der Waals surface area (Å²) < 4.78 is 1.91. The first kappa shape index (κ1) is 17.2. The molecule has 0 spiro atoms. The molecule has 0 atom stereocenters. The molecule has 136 valence electrons. The number of aromatic nitrogens is 3. The highest BCUT2D eigenvalue weighted by Crippen LogP contribution is 2.31. The van der Waals surface area contributed by atoms with Gasteiger partial charge < -0.3 is 4.90 Å². The normalized spacial score (nSPS) is 15.2. The van der Waals surface area contributed by atoms with Crippen molar-refractivity contribution in [1.29, 1.82) is 0 Å². The van der Waals surface area contributed by atoms with Crippen molar-refractivity contribution >= 4 is 28.3 Å². The van der Waals surface area contributed by atoms with Gasteiger partial charge in [0.05, 0.1) is 27.7 Å². The number of carbonyl (C=O) groups is 1. The number of pyridine rings is 1. The quantitative estimate of drug-likeness (QED) is 0.675. The SMILES string of the molecule is Cc1ccc(-c2cc(C(=O)N3CCCCC3)c3cnn(C(C)C)c3n2)s1. The molecule has 5 nitrogen and oxygen atoms in total. The van der Waals surface area contributed by atoms with Crippen molar-refractivity contribution < 1.29 is 4.79 Å². The fourth-order valence-electron chi connectivity index (χ4n) is 3.54. The fourth-order valence-corrected chi connectivity index (χ4v) is 4.37. The van der Waals surface area contributed by atoms with Crippen LogP contribution < -0.4 is 0 Å². The Bertz CT molecular complexity index is 950. The number of piperidine rings is 1. The summed E-state index contributed by atoms with van der Waals surface area (Å²) in [5.41, 5.74) is 2.38. The molecule has 4 rings (SSSR count). The molecule has 1 aliphatic heterocycles. The van der Waals surface area contributed by atoms with Crippen LogP contribution in [-0.4, -0.2) is 38.7 Å². The van der Waals surface area contributed by atoms with Crippen LogP contribution in [0.1, 0.15) is 54.4 Å². The van der Waals surface area contributed by atoms with Gasteiger partial charge in [0.2, 0.25) is 0 Å². The zero-order valence-electron chi connectivity index (χ0n) is 15.5. The maximum absolute atomic E-state index is 13.2. The highest BCUT2D eigenvalue weighted by atomic mass is 32.1. The van der Waals surface area contributed by atoms with E-state index in [2.05, 4.69) is 38.0 Å². The Kier molecular flexibility index (Phi) is 4.53. The number of nitrogens with zero attached hydrogens (tertiary/aromatic N) is 4. The minimum Gasteiger partial charge on any atom is -0.339 e. The lowest BCUT2D eigenvalue weighted by atomic mass is 10.1. The van der Waals surface area contributed by atoms with Crippen LogP contribution in [0.2, 0.25) is 0 Å². The number of hydrogen-bond acceptors (Lipinski definition) is 4. The van der Waals surface area contributed by atoms with E-state index >= 15 is 0 Å². The summed E-state index contributed by atoms with van der Waals surface area (Å²) in [6, 6.07) is 6.33. The highest BCUT2D eigenvalue weighted by Gasteiger charge is 2.24. The third kappa shape index (κ3) is 3.03. The summed E-state index contributed by atoms with van der Waals surface area (Å²) in [7, 11) is 0. The van der Waals surface area contributed by atoms with Crippen LogP contribution in [0.15, 0.2) is 24.4 Å². The van der Waals surface area contributed by atoms with Crippen LogP contribution in [0, 0.1) is 6.92 Å². The Hall–Kier alpha value is -2.21. The number of rotatable bonds is 3. The number of fused-ring (bicyclic) bond motifs is 1. The molecule has 3 aromatic rings. The molecule has 6 heteroatoms. The maximum atomic E-state index is 13.2. The molecule has 0 saturated carbocycles. The van der Waals surface area contributed by atoms with Gasteiger partial charge in [-0.15, -0.1) is 11.3 Å². The van der Waals surface area contributed by atoms with Crippen LogP contribution >= 0.6 is 11.3 Å². The van der Waals surface area contributed by atoms with Crippen molar-refractivity contribution in [3.63, 3.8) is 0 Å². The molecule has 0 aromatic carbocycles. The zero-order chi connectivity index (χ0) is 18.3. The lowest BCUT2D eigenvalue weighted by Gasteiger charge is -2.27. The van der Waals surface area contributed by atoms with Crippen molar-refractivity contribution in [1.82, 2.24) is 19.7 Å². The van der Waals surface area contributed by atoms with Gasteiger partial charge >= 0.3 is 0 Å². The zero-order valence-corrected chi connectivity index (χ0v) is 16.3. The van der Waals surface area contributed by atoms with Crippen molar-refractivity contribution in [2.24, 2.45) is 0 Å². The number of thiophene rings is 1. The van der Waals surface area contributed by atoms with Gasteiger partial charge in [0.15, 0.2) is 5.65 Å². The Morgan fingerprint density at radius 3 is 2.62 bits per heavy atom. The van der Waals surface area contributed by atoms with Crippen molar-refractivity contribution in [3.8, 4) is 10.6 Å². The average molecular weight is 369 g/mol. The standard InChI is InChI=1S/C20H24N4OS/c1-13(2)24-19-16(12-21-24)15(20(25)23-9-5-4-6-10-23)11-17(22-19)18-8-7-14(3)26-18/h7-8,11-13H,4-6,9-10H2,1-3H3. The Balaban J connectivity index is 1.88. The van der Waals surface area contributed by atoms with E-state index < -0.39 is 0 Å². The van der Waals surface area contributed by atoms with Gasteiger partial charge in [-0.3, -0.25) is 4.79 Å². The summed E-state index contributed by atoms with van der Waals surface area (Å²) >= 11 is 1.71. The predicted molar refractivity (Wildman–Crippen MR) is 106 cm³/mol. The third-order valence-corrected chi connectivity index (χ3v) is 5.95. The molecule has 0 N–H and O–H groups in total. The maximum Gasteiger partial charge on any atom is 0.254 e. The van der Waals surface area contributed by atoms with Gasteiger partial charge in [-0.25, -0.2) is 9.67 Å². The molecule has 1 aliphatic rings. The van der Waals surface area contributed by atoms with Gasteiger partial charge in [0, 0.05) is 24.0 Å². The van der Waals surface area contributed by atoms with E-state index in [1.807, 2.05) is 15.6 Å². The van der Waals surface area contributed by atoms with Gasteiger partial charge in [-0.1, -0.05) is 0 Å². The molecule has 0 bridgehead atoms. The molecule has 26 heavy (non-hydrogen) atoms. The Morgan fingerprint density at radius 2 is 1.96 bits per heavy atom. The van der Waals surface area contributed by atoms with E-state index in [4.69, 9.17) is 4.98 Å². The van der Waals surface area contributed by atoms with Gasteiger partial charge in [-0.2, -0.15) is 5.10 Å². The monoisotopic (exact) mass is 368 g/mol. The first-order chi connectivity index (χ1) is 12.5. The predicted octanol–water partition coefficient (Wildman–Crippen LogP) is 4.68. The minimum absolute atomic E-state index is 0.106. The van der Waals surface area contributed by atoms with E-state index in [1.54, 1.807) is 17.5 Å². The molecular formula is C20H24N4OS. The van der Waals surface area contributed by atoms with Crippen molar-refractivity contribution in [2.75, 3.05) is 13.1 Å². The highest BCUT2D eigenvalue weighted by molar-refractivity contribution is 7.15. The van der Waals surface area contributed by atoms with Crippen LogP contribution in [0.4, 0.5) is 0 Å². The van der Waals surface area contributed by atoms with Crippen LogP contribution in [-0.2, 0) is 0 Å². The summed E-state index contributed by atoms with van der Waals surface area (Å²) in [6.07, 6.45) is 5.17. The van der Waals surface area contributed by atoms with Gasteiger partial charge in [0.1, 0.15) is 0 Å². The van der Waals surface area contributed by atoms with Crippen molar-refractivity contribution in [2.45, 2.75) is 46.1 Å². The average Bonchev–Trinajstić information content (AvgIpc) is 3.27. The number of aryl methyl sites for hydroxylation is 1. The molecule has 1 fully saturated rings. The first-order valence-electron chi connectivity index (χ1n) is 9.29. The topological polar surface area (TPSA) is 51.0 Å². The van der Waals surface area contributed by atoms with E-state index in [1.165, 1.54) is 11.3 Å². The summed E-state index contributed by atoms with van der Waals surface area (Å²) in [4.78, 5) is 22.4. The second-order valence-corrected chi connectivity index (χ2v) is 8.53. The van der Waals surface area contributed by atoms with E-state index in [0.717, 1.165) is 53.1 Å². The lowest BCUT2D eigenvalue weighted by Crippen LogP contribution is -2.35. The van der Waals surface area contributed by atoms with Gasteiger partial charge in [0.25, 0.3) is 5.91 Å². The molecule has 0 aliphatic carbocycles. The van der Waals surface area contributed by atoms with Crippen LogP contribution in [0.25, 0.3) is 21.6 Å². The number of carbonyl (C=O) groups excluding carboxylic acids is 1. The molecule has 3 aromatic heterocycles. The number of likely N-dealkylation sites (tertiary alicyclic amines) is 1. The minimum atomic E-state index is 0.106. The largest absolute Gasteiger partial charge is 0.339 e. The molecule has 0 radical (unpaired) electrons. The molecule has 1 saturated heterocycles. The van der Waals surface area contributed by atoms with Crippen molar-refractivity contribution in [3.05, 3.63) is 34.8 Å². The second-order valence-electron chi connectivity index (χ2n) is 7.24. The Labute approximate surface area is 157 Å². The summed E-state index contributed by atoms with van der Waals surface area (Å²) in [5.74, 6) is 0.106. The number of amides is 1. The summed E-state index contributed by atoms with van der Waals surface area (Å²) in [6.45, 7) is 7.94. The van der Waals surface area contributed by atoms with Crippen LogP contribution in [0.3, 0.4) is 0 Å². The van der Waals surface area contributed by atoms with E-state index in [-0.39, 0.29) is 11.9 Å². The van der Waals surface area contributed by atoms with Crippen LogP contribution in [0.5, 0.6) is 0 Å². The smallest absolute Gasteiger partial charge is 0.254 e. The first-order valence-corrected chi connectivity index (χ1v) is 10.1. The fraction of sp³-hybridized carbons (Fsp3) is 0.450. The summed E-state index contributed by atoms with van der Waals surface area (Å²) in [5, 5.41) is 5.36. The van der Waals surface area contributed by atoms with E-state index in [9.17, 15) is 4.79 Å². The molecule has 0 unspecified atom stereocenters. The molecular weight excluding hydrogens is 344 g/mol. The molecule has 4 heterocycles.